The fraction of sp³-hybridized carbons (Fsp3) is 0.400. The first-order chi connectivity index (χ1) is 17.0. The molecule has 3 aliphatic rings. The number of anilines is 1. The summed E-state index contributed by atoms with van der Waals surface area (Å²) in [4.78, 5) is 41.1. The first-order valence-electron chi connectivity index (χ1n) is 11.7. The summed E-state index contributed by atoms with van der Waals surface area (Å²) in [7, 11) is 0. The molecule has 0 aliphatic carbocycles. The summed E-state index contributed by atoms with van der Waals surface area (Å²) in [5, 5.41) is 5.54. The maximum Gasteiger partial charge on any atom is 0.325 e. The van der Waals surface area contributed by atoms with E-state index in [1.807, 2.05) is 24.3 Å². The number of nitrogens with one attached hydrogen (secondary N) is 2. The minimum Gasteiger partial charge on any atom is -0.454 e. The molecule has 2 aromatic carbocycles. The van der Waals surface area contributed by atoms with Crippen molar-refractivity contribution in [3.05, 3.63) is 53.6 Å². The molecule has 3 aliphatic heterocycles. The Labute approximate surface area is 203 Å². The topological polar surface area (TPSA) is 109 Å². The zero-order valence-corrected chi connectivity index (χ0v) is 19.3. The summed E-state index contributed by atoms with van der Waals surface area (Å²) >= 11 is 0. The zero-order chi connectivity index (χ0) is 24.2. The largest absolute Gasteiger partial charge is 0.454 e. The van der Waals surface area contributed by atoms with Crippen LogP contribution in [0.4, 0.5) is 10.5 Å². The van der Waals surface area contributed by atoms with Crippen LogP contribution in [-0.2, 0) is 27.4 Å². The molecule has 184 valence electrons. The lowest BCUT2D eigenvalue weighted by Crippen LogP contribution is -2.35. The number of rotatable bonds is 8. The van der Waals surface area contributed by atoms with Crippen LogP contribution in [0.2, 0.25) is 0 Å². The number of imide groups is 1. The fourth-order valence-electron chi connectivity index (χ4n) is 4.35. The van der Waals surface area contributed by atoms with Crippen molar-refractivity contribution in [2.24, 2.45) is 0 Å². The van der Waals surface area contributed by atoms with Crippen LogP contribution in [0, 0.1) is 0 Å². The fourth-order valence-corrected chi connectivity index (χ4v) is 4.35. The first-order valence-corrected chi connectivity index (χ1v) is 11.7. The average molecular weight is 481 g/mol. The third-order valence-corrected chi connectivity index (χ3v) is 6.29. The Hall–Kier alpha value is -3.63. The number of carbonyl (C=O) groups excluding carboxylic acids is 3. The van der Waals surface area contributed by atoms with E-state index in [9.17, 15) is 14.4 Å². The van der Waals surface area contributed by atoms with Crippen LogP contribution in [0.25, 0.3) is 0 Å². The van der Waals surface area contributed by atoms with Crippen LogP contribution in [-0.4, -0.2) is 66.8 Å². The lowest BCUT2D eigenvalue weighted by Gasteiger charge is -2.26. The maximum atomic E-state index is 12.8. The molecular formula is C25H28N4O6. The van der Waals surface area contributed by atoms with Crippen molar-refractivity contribution in [1.29, 1.82) is 0 Å². The first kappa shape index (κ1) is 23.1. The number of nitrogens with zero attached hydrogens (tertiary/aromatic N) is 2. The average Bonchev–Trinajstić information content (AvgIpc) is 3.44. The highest BCUT2D eigenvalue weighted by Crippen LogP contribution is 2.33. The van der Waals surface area contributed by atoms with Gasteiger partial charge in [-0.1, -0.05) is 18.2 Å². The smallest absolute Gasteiger partial charge is 0.325 e. The van der Waals surface area contributed by atoms with Gasteiger partial charge in [-0.05, 0) is 41.8 Å². The van der Waals surface area contributed by atoms with E-state index in [0.717, 1.165) is 43.3 Å². The molecule has 10 heteroatoms. The third kappa shape index (κ3) is 5.55. The van der Waals surface area contributed by atoms with Crippen LogP contribution in [0.15, 0.2) is 42.5 Å². The maximum absolute atomic E-state index is 12.8. The highest BCUT2D eigenvalue weighted by molar-refractivity contribution is 6.04. The quantitative estimate of drug-likeness (QED) is 0.557. The predicted molar refractivity (Wildman–Crippen MR) is 126 cm³/mol. The lowest BCUT2D eigenvalue weighted by atomic mass is 10.1. The van der Waals surface area contributed by atoms with Gasteiger partial charge in [0, 0.05) is 31.7 Å². The van der Waals surface area contributed by atoms with Crippen LogP contribution in [0.3, 0.4) is 0 Å². The molecule has 2 fully saturated rings. The predicted octanol–water partition coefficient (Wildman–Crippen LogP) is 2.09. The number of amides is 4. The van der Waals surface area contributed by atoms with Gasteiger partial charge in [-0.2, -0.15) is 0 Å². The van der Waals surface area contributed by atoms with Crippen molar-refractivity contribution in [1.82, 2.24) is 15.1 Å². The molecule has 0 bridgehead atoms. The summed E-state index contributed by atoms with van der Waals surface area (Å²) in [5.41, 5.74) is 2.63. The van der Waals surface area contributed by atoms with E-state index in [1.165, 1.54) is 5.56 Å². The number of urea groups is 1. The third-order valence-electron chi connectivity index (χ3n) is 6.29. The number of fused-ring (bicyclic) bond motifs is 1. The van der Waals surface area contributed by atoms with Gasteiger partial charge in [-0.25, -0.2) is 4.79 Å². The van der Waals surface area contributed by atoms with Crippen LogP contribution < -0.4 is 20.1 Å². The number of hydrogen-bond acceptors (Lipinski definition) is 7. The normalized spacial score (nSPS) is 19.7. The van der Waals surface area contributed by atoms with Crippen LogP contribution >= 0.6 is 0 Å². The molecule has 3 heterocycles. The van der Waals surface area contributed by atoms with Crippen molar-refractivity contribution < 1.29 is 28.6 Å². The number of hydrogen-bond donors (Lipinski definition) is 2. The number of morpholine rings is 1. The summed E-state index contributed by atoms with van der Waals surface area (Å²) in [6.07, 6.45) is 0.341. The van der Waals surface area contributed by atoms with Crippen molar-refractivity contribution in [3.63, 3.8) is 0 Å². The Morgan fingerprint density at radius 1 is 0.971 bits per heavy atom. The van der Waals surface area contributed by atoms with E-state index >= 15 is 0 Å². The SMILES string of the molecule is O=C(CC[C@H]1NC(=O)N(Cc2ccc3c(c2)OCO3)C1=O)Nc1ccc(CN2CCOCC2)cc1. The van der Waals surface area contributed by atoms with E-state index < -0.39 is 12.1 Å². The molecular weight excluding hydrogens is 452 g/mol. The summed E-state index contributed by atoms with van der Waals surface area (Å²) < 4.78 is 16.0. The Kier molecular flexibility index (Phi) is 6.82. The molecule has 4 amide bonds. The number of carbonyl (C=O) groups is 3. The lowest BCUT2D eigenvalue weighted by molar-refractivity contribution is -0.128. The second kappa shape index (κ2) is 10.3. The van der Waals surface area contributed by atoms with E-state index in [-0.39, 0.29) is 38.0 Å². The monoisotopic (exact) mass is 480 g/mol. The molecule has 1 atom stereocenters. The Bertz CT molecular complexity index is 1100. The standard InChI is InChI=1S/C25H28N4O6/c30-23(26-19-4-1-17(2-5-19)14-28-9-11-33-12-10-28)8-6-20-24(31)29(25(32)27-20)15-18-3-7-21-22(13-18)35-16-34-21/h1-5,7,13,20H,6,8-12,14-16H2,(H,26,30)(H,27,32)/t20-/m1/s1. The van der Waals surface area contributed by atoms with Gasteiger partial charge in [-0.3, -0.25) is 19.4 Å². The zero-order valence-electron chi connectivity index (χ0n) is 19.3. The van der Waals surface area contributed by atoms with Crippen molar-refractivity contribution >= 4 is 23.5 Å². The minimum atomic E-state index is -0.724. The molecule has 5 rings (SSSR count). The van der Waals surface area contributed by atoms with Crippen molar-refractivity contribution in [2.75, 3.05) is 38.4 Å². The summed E-state index contributed by atoms with van der Waals surface area (Å²) in [6, 6.07) is 11.9. The van der Waals surface area contributed by atoms with Gasteiger partial charge in [0.05, 0.1) is 19.8 Å². The van der Waals surface area contributed by atoms with Gasteiger partial charge in [0.1, 0.15) is 6.04 Å². The van der Waals surface area contributed by atoms with E-state index in [0.29, 0.717) is 17.2 Å². The Morgan fingerprint density at radius 2 is 1.71 bits per heavy atom. The number of ether oxygens (including phenoxy) is 3. The molecule has 35 heavy (non-hydrogen) atoms. The van der Waals surface area contributed by atoms with Gasteiger partial charge in [-0.15, -0.1) is 0 Å². The van der Waals surface area contributed by atoms with E-state index in [1.54, 1.807) is 18.2 Å². The number of benzene rings is 2. The molecule has 2 saturated heterocycles. The van der Waals surface area contributed by atoms with Crippen LogP contribution in [0.1, 0.15) is 24.0 Å². The van der Waals surface area contributed by atoms with Crippen molar-refractivity contribution in [3.8, 4) is 11.5 Å². The molecule has 2 N–H and O–H groups in total. The van der Waals surface area contributed by atoms with E-state index in [4.69, 9.17) is 14.2 Å². The molecule has 0 radical (unpaired) electrons. The Morgan fingerprint density at radius 3 is 2.51 bits per heavy atom. The summed E-state index contributed by atoms with van der Waals surface area (Å²) in [6.45, 7) is 4.49. The van der Waals surface area contributed by atoms with Gasteiger partial charge in [0.2, 0.25) is 12.7 Å². The highest BCUT2D eigenvalue weighted by Gasteiger charge is 2.38. The molecule has 0 aromatic heterocycles. The Balaban J connectivity index is 1.09. The summed E-state index contributed by atoms with van der Waals surface area (Å²) in [5.74, 6) is 0.689. The molecule has 0 saturated carbocycles. The molecule has 10 nitrogen and oxygen atoms in total. The van der Waals surface area contributed by atoms with Gasteiger partial charge in [0.15, 0.2) is 11.5 Å². The van der Waals surface area contributed by atoms with Gasteiger partial charge >= 0.3 is 6.03 Å². The highest BCUT2D eigenvalue weighted by atomic mass is 16.7. The second-order valence-corrected chi connectivity index (χ2v) is 8.79. The second-order valence-electron chi connectivity index (χ2n) is 8.79. The molecule has 2 aromatic rings. The van der Waals surface area contributed by atoms with Crippen molar-refractivity contribution in [2.45, 2.75) is 32.0 Å². The van der Waals surface area contributed by atoms with E-state index in [2.05, 4.69) is 15.5 Å². The molecule has 0 spiro atoms. The molecule has 0 unspecified atom stereocenters. The minimum absolute atomic E-state index is 0.115. The van der Waals surface area contributed by atoms with Gasteiger partial charge in [0.25, 0.3) is 5.91 Å². The van der Waals surface area contributed by atoms with Crippen LogP contribution in [0.5, 0.6) is 11.5 Å². The van der Waals surface area contributed by atoms with Gasteiger partial charge < -0.3 is 24.8 Å².